The lowest BCUT2D eigenvalue weighted by Gasteiger charge is -2.33. The quantitative estimate of drug-likeness (QED) is 0.482. The second-order valence-electron chi connectivity index (χ2n) is 8.46. The van der Waals surface area contributed by atoms with Gasteiger partial charge in [-0.1, -0.05) is 48.5 Å². The number of fused-ring (bicyclic) bond motifs is 1. The summed E-state index contributed by atoms with van der Waals surface area (Å²) in [4.78, 5) is 19.9. The lowest BCUT2D eigenvalue weighted by Crippen LogP contribution is -2.47. The van der Waals surface area contributed by atoms with Crippen LogP contribution < -0.4 is 0 Å². The Morgan fingerprint density at radius 3 is 2.59 bits per heavy atom. The first-order valence-electron chi connectivity index (χ1n) is 11.0. The zero-order chi connectivity index (χ0) is 22.9. The van der Waals surface area contributed by atoms with Gasteiger partial charge in [0.25, 0.3) is 0 Å². The van der Waals surface area contributed by atoms with Crippen molar-refractivity contribution < 1.29 is 13.2 Å². The van der Waals surface area contributed by atoms with Crippen molar-refractivity contribution in [3.8, 4) is 5.69 Å². The van der Waals surface area contributed by atoms with E-state index < -0.39 is 9.84 Å². The molecule has 1 aliphatic heterocycles. The van der Waals surface area contributed by atoms with Gasteiger partial charge < -0.3 is 4.90 Å². The fraction of sp³-hybridized carbons (Fsp3) is 0.417. The maximum atomic E-state index is 13.3. The van der Waals surface area contributed by atoms with E-state index in [1.54, 1.807) is 4.90 Å². The van der Waals surface area contributed by atoms with Crippen LogP contribution in [0.3, 0.4) is 0 Å². The summed E-state index contributed by atoms with van der Waals surface area (Å²) >= 11 is 1.41. The topological polar surface area (TPSA) is 72.3 Å². The molecule has 0 spiro atoms. The largest absolute Gasteiger partial charge is 0.335 e. The maximum absolute atomic E-state index is 13.3. The Balaban J connectivity index is 1.61. The summed E-state index contributed by atoms with van der Waals surface area (Å²) < 4.78 is 26.1. The van der Waals surface area contributed by atoms with Crippen molar-refractivity contribution >= 4 is 38.5 Å². The number of imidazole rings is 1. The molecule has 1 saturated heterocycles. The van der Waals surface area contributed by atoms with Crippen molar-refractivity contribution in [3.63, 3.8) is 0 Å². The Labute approximate surface area is 193 Å². The molecule has 0 bridgehead atoms. The van der Waals surface area contributed by atoms with E-state index in [1.807, 2.05) is 38.1 Å². The Bertz CT molecular complexity index is 1220. The Kier molecular flexibility index (Phi) is 6.62. The van der Waals surface area contributed by atoms with Crippen LogP contribution in [0.1, 0.15) is 32.3 Å². The number of carbonyl (C=O) groups excluding carboxylic acids is 1. The van der Waals surface area contributed by atoms with Crippen LogP contribution in [0, 0.1) is 6.92 Å². The van der Waals surface area contributed by atoms with E-state index in [9.17, 15) is 13.2 Å². The molecule has 0 aliphatic carbocycles. The first kappa shape index (κ1) is 22.9. The van der Waals surface area contributed by atoms with E-state index in [-0.39, 0.29) is 35.2 Å². The highest BCUT2D eigenvalue weighted by atomic mass is 32.2. The molecule has 2 aromatic carbocycles. The van der Waals surface area contributed by atoms with Gasteiger partial charge in [-0.3, -0.25) is 9.36 Å². The summed E-state index contributed by atoms with van der Waals surface area (Å²) in [6.45, 7) is 6.07. The lowest BCUT2D eigenvalue weighted by atomic mass is 10.1. The highest BCUT2D eigenvalue weighted by Gasteiger charge is 2.36. The van der Waals surface area contributed by atoms with Gasteiger partial charge in [-0.05, 0) is 51.0 Å². The van der Waals surface area contributed by atoms with E-state index in [0.717, 1.165) is 28.3 Å². The van der Waals surface area contributed by atoms with E-state index in [4.69, 9.17) is 4.98 Å². The van der Waals surface area contributed by atoms with Gasteiger partial charge >= 0.3 is 0 Å². The average molecular weight is 472 g/mol. The monoisotopic (exact) mass is 471 g/mol. The Hall–Kier alpha value is -2.32. The van der Waals surface area contributed by atoms with E-state index in [0.29, 0.717) is 6.42 Å². The number of amides is 1. The molecular formula is C24H29N3O3S2. The van der Waals surface area contributed by atoms with Gasteiger partial charge in [0.15, 0.2) is 15.0 Å². The summed E-state index contributed by atoms with van der Waals surface area (Å²) in [5.41, 5.74) is 4.05. The number of carbonyl (C=O) groups is 1. The molecule has 1 fully saturated rings. The van der Waals surface area contributed by atoms with Crippen molar-refractivity contribution in [2.45, 2.75) is 50.9 Å². The molecule has 0 saturated carbocycles. The van der Waals surface area contributed by atoms with Crippen molar-refractivity contribution in [3.05, 3.63) is 54.1 Å². The molecule has 0 radical (unpaired) electrons. The van der Waals surface area contributed by atoms with E-state index >= 15 is 0 Å². The van der Waals surface area contributed by atoms with Gasteiger partial charge in [-0.2, -0.15) is 0 Å². The number of aryl methyl sites for hydroxylation is 1. The van der Waals surface area contributed by atoms with Gasteiger partial charge in [-0.15, -0.1) is 0 Å². The van der Waals surface area contributed by atoms with Crippen LogP contribution in [-0.2, 0) is 14.6 Å². The molecule has 1 aliphatic rings. The fourth-order valence-corrected chi connectivity index (χ4v) is 6.85. The van der Waals surface area contributed by atoms with Crippen LogP contribution in [0.2, 0.25) is 0 Å². The predicted octanol–water partition coefficient (Wildman–Crippen LogP) is 4.24. The molecule has 3 aromatic rings. The van der Waals surface area contributed by atoms with Crippen LogP contribution in [0.4, 0.5) is 0 Å². The number of benzene rings is 2. The summed E-state index contributed by atoms with van der Waals surface area (Å²) in [5.74, 6) is 0.411. The first-order valence-corrected chi connectivity index (χ1v) is 13.8. The minimum Gasteiger partial charge on any atom is -0.335 e. The van der Waals surface area contributed by atoms with Crippen LogP contribution in [-0.4, -0.2) is 58.1 Å². The number of aromatic nitrogens is 2. The summed E-state index contributed by atoms with van der Waals surface area (Å²) in [5, 5.41) is 0.756. The molecule has 6 nitrogen and oxygen atoms in total. The second kappa shape index (κ2) is 9.27. The highest BCUT2D eigenvalue weighted by Crippen LogP contribution is 2.29. The molecule has 4 rings (SSSR count). The number of hydrogen-bond donors (Lipinski definition) is 0. The van der Waals surface area contributed by atoms with Gasteiger partial charge in [0.05, 0.1) is 28.3 Å². The molecule has 0 N–H and O–H groups in total. The van der Waals surface area contributed by atoms with E-state index in [1.165, 1.54) is 17.3 Å². The molecule has 170 valence electrons. The van der Waals surface area contributed by atoms with Gasteiger partial charge in [-0.25, -0.2) is 13.4 Å². The minimum atomic E-state index is -3.06. The van der Waals surface area contributed by atoms with Crippen molar-refractivity contribution in [1.82, 2.24) is 14.5 Å². The molecular weight excluding hydrogens is 442 g/mol. The standard InChI is InChI=1S/C24H29N3O3S2/c1-4-18(3)26(20-13-14-32(29,30)16-20)23(28)15-31-24-25-21-7-5-6-8-22(21)27(24)19-11-9-17(2)10-12-19/h5-12,18,20H,4,13-16H2,1-3H3/t18-,20+/m0/s1. The zero-order valence-electron chi connectivity index (χ0n) is 18.7. The SMILES string of the molecule is CC[C@H](C)N(C(=O)CSc1nc2ccccc2n1-c1ccc(C)cc1)[C@@H]1CCS(=O)(=O)C1. The lowest BCUT2D eigenvalue weighted by molar-refractivity contribution is -0.132. The van der Waals surface area contributed by atoms with E-state index in [2.05, 4.69) is 35.8 Å². The molecule has 1 amide bonds. The van der Waals surface area contributed by atoms with Crippen molar-refractivity contribution in [1.29, 1.82) is 0 Å². The van der Waals surface area contributed by atoms with Gasteiger partial charge in [0, 0.05) is 17.8 Å². The molecule has 1 aromatic heterocycles. The second-order valence-corrected chi connectivity index (χ2v) is 11.6. The molecule has 32 heavy (non-hydrogen) atoms. The average Bonchev–Trinajstić information content (AvgIpc) is 3.32. The number of hydrogen-bond acceptors (Lipinski definition) is 5. The van der Waals surface area contributed by atoms with Crippen molar-refractivity contribution in [2.75, 3.05) is 17.3 Å². The minimum absolute atomic E-state index is 0.00249. The predicted molar refractivity (Wildman–Crippen MR) is 130 cm³/mol. The number of nitrogens with zero attached hydrogens (tertiary/aromatic N) is 3. The summed E-state index contributed by atoms with van der Waals surface area (Å²) in [7, 11) is -3.06. The summed E-state index contributed by atoms with van der Waals surface area (Å²) in [6, 6.07) is 16.0. The Morgan fingerprint density at radius 2 is 1.94 bits per heavy atom. The molecule has 0 unspecified atom stereocenters. The van der Waals surface area contributed by atoms with Crippen LogP contribution in [0.25, 0.3) is 16.7 Å². The third-order valence-corrected chi connectivity index (χ3v) is 8.78. The number of thioether (sulfide) groups is 1. The maximum Gasteiger partial charge on any atom is 0.233 e. The Morgan fingerprint density at radius 1 is 1.22 bits per heavy atom. The normalized spacial score (nSPS) is 18.7. The van der Waals surface area contributed by atoms with Crippen molar-refractivity contribution in [2.24, 2.45) is 0 Å². The number of rotatable bonds is 7. The highest BCUT2D eigenvalue weighted by molar-refractivity contribution is 7.99. The smallest absolute Gasteiger partial charge is 0.233 e. The zero-order valence-corrected chi connectivity index (χ0v) is 20.3. The van der Waals surface area contributed by atoms with Gasteiger partial charge in [0.1, 0.15) is 0 Å². The molecule has 2 atom stereocenters. The molecule has 8 heteroatoms. The molecule has 2 heterocycles. The summed E-state index contributed by atoms with van der Waals surface area (Å²) in [6.07, 6.45) is 1.31. The third-order valence-electron chi connectivity index (χ3n) is 6.10. The number of sulfone groups is 1. The third kappa shape index (κ3) is 4.71. The van der Waals surface area contributed by atoms with Crippen LogP contribution in [0.15, 0.2) is 53.7 Å². The fourth-order valence-electron chi connectivity index (χ4n) is 4.25. The van der Waals surface area contributed by atoms with Crippen LogP contribution in [0.5, 0.6) is 0 Å². The number of para-hydroxylation sites is 2. The van der Waals surface area contributed by atoms with Crippen LogP contribution >= 0.6 is 11.8 Å². The first-order chi connectivity index (χ1) is 15.3. The van der Waals surface area contributed by atoms with Gasteiger partial charge in [0.2, 0.25) is 5.91 Å².